The molecule has 0 fully saturated rings. The fourth-order valence-electron chi connectivity index (χ4n) is 3.01. The Kier molecular flexibility index (Phi) is 4.16. The molecule has 6 heteroatoms. The van der Waals surface area contributed by atoms with E-state index in [0.717, 1.165) is 16.5 Å². The van der Waals surface area contributed by atoms with E-state index in [9.17, 15) is 9.59 Å². The predicted octanol–water partition coefficient (Wildman–Crippen LogP) is 3.72. The van der Waals surface area contributed by atoms with E-state index in [1.165, 1.54) is 7.11 Å². The molecule has 0 radical (unpaired) electrons. The minimum atomic E-state index is -0.758. The van der Waals surface area contributed by atoms with Gasteiger partial charge in [0.2, 0.25) is 5.78 Å². The van der Waals surface area contributed by atoms with Crippen LogP contribution in [0.5, 0.6) is 11.5 Å². The van der Waals surface area contributed by atoms with Crippen LogP contribution in [-0.4, -0.2) is 30.0 Å². The van der Waals surface area contributed by atoms with Crippen molar-refractivity contribution < 1.29 is 23.8 Å². The third kappa shape index (κ3) is 3.06. The van der Waals surface area contributed by atoms with E-state index in [1.54, 1.807) is 31.2 Å². The Balaban J connectivity index is 1.61. The predicted molar refractivity (Wildman–Crippen MR) is 99.8 cm³/mol. The Bertz CT molecular complexity index is 1080. The highest BCUT2D eigenvalue weighted by atomic mass is 16.6. The first kappa shape index (κ1) is 16.9. The third-order valence-corrected chi connectivity index (χ3v) is 4.40. The average molecular weight is 363 g/mol. The topological polar surface area (TPSA) is 77.6 Å². The molecule has 0 unspecified atom stereocenters. The lowest BCUT2D eigenvalue weighted by Crippen LogP contribution is -2.24. The maximum absolute atomic E-state index is 12.6. The van der Waals surface area contributed by atoms with Crippen molar-refractivity contribution in [2.24, 2.45) is 0 Å². The van der Waals surface area contributed by atoms with Crippen LogP contribution in [0, 0.1) is 0 Å². The number of hydrogen-bond acceptors (Lipinski definition) is 5. The fraction of sp³-hybridized carbons (Fsp3) is 0.143. The van der Waals surface area contributed by atoms with Crippen LogP contribution in [0.25, 0.3) is 17.0 Å². The zero-order valence-electron chi connectivity index (χ0n) is 14.8. The van der Waals surface area contributed by atoms with Crippen molar-refractivity contribution in [3.8, 4) is 11.5 Å². The number of ether oxygens (including phenoxy) is 3. The van der Waals surface area contributed by atoms with Crippen molar-refractivity contribution in [1.82, 2.24) is 4.98 Å². The molecule has 6 nitrogen and oxygen atoms in total. The number of hydrogen-bond donors (Lipinski definition) is 1. The number of H-pyrrole nitrogens is 1. The smallest absolute Gasteiger partial charge is 0.346 e. The Morgan fingerprint density at radius 2 is 2.04 bits per heavy atom. The van der Waals surface area contributed by atoms with Gasteiger partial charge in [-0.25, -0.2) is 4.79 Å². The van der Waals surface area contributed by atoms with Gasteiger partial charge in [-0.3, -0.25) is 4.79 Å². The normalized spacial score (nSPS) is 15.5. The highest BCUT2D eigenvalue weighted by Gasteiger charge is 2.28. The van der Waals surface area contributed by atoms with Crippen molar-refractivity contribution in [2.45, 2.75) is 13.0 Å². The number of allylic oxidation sites excluding steroid dienone is 1. The van der Waals surface area contributed by atoms with Gasteiger partial charge < -0.3 is 19.2 Å². The first-order valence-electron chi connectivity index (χ1n) is 8.45. The second-order valence-corrected chi connectivity index (χ2v) is 6.17. The van der Waals surface area contributed by atoms with E-state index in [2.05, 4.69) is 9.72 Å². The number of ketones is 1. The number of fused-ring (bicyclic) bond motifs is 2. The van der Waals surface area contributed by atoms with Gasteiger partial charge in [0.1, 0.15) is 11.5 Å². The van der Waals surface area contributed by atoms with E-state index in [0.29, 0.717) is 17.1 Å². The van der Waals surface area contributed by atoms with Gasteiger partial charge >= 0.3 is 5.97 Å². The molecule has 1 atom stereocenters. The summed E-state index contributed by atoms with van der Waals surface area (Å²) in [4.78, 5) is 27.3. The Morgan fingerprint density at radius 1 is 1.22 bits per heavy atom. The van der Waals surface area contributed by atoms with Crippen LogP contribution in [0.4, 0.5) is 0 Å². The van der Waals surface area contributed by atoms with Crippen LogP contribution >= 0.6 is 0 Å². The summed E-state index contributed by atoms with van der Waals surface area (Å²) in [6, 6.07) is 12.7. The maximum atomic E-state index is 12.6. The second-order valence-electron chi connectivity index (χ2n) is 6.17. The SMILES string of the molecule is COC(=O)[C@H](C)Oc1ccc2c(c1)O/C(=C/c1c[nH]c3ccccc13)C2=O. The number of carbonyl (C=O) groups excluding carboxylic acids is 2. The second kappa shape index (κ2) is 6.64. The molecule has 4 rings (SSSR count). The summed E-state index contributed by atoms with van der Waals surface area (Å²) in [5, 5.41) is 1.01. The van der Waals surface area contributed by atoms with Gasteiger partial charge in [0.15, 0.2) is 11.9 Å². The summed E-state index contributed by atoms with van der Waals surface area (Å²) in [5.74, 6) is 0.400. The zero-order valence-corrected chi connectivity index (χ0v) is 14.8. The first-order valence-corrected chi connectivity index (χ1v) is 8.45. The summed E-state index contributed by atoms with van der Waals surface area (Å²) in [7, 11) is 1.30. The molecular formula is C21H17NO5. The molecule has 1 aliphatic heterocycles. The van der Waals surface area contributed by atoms with Gasteiger partial charge in [-0.05, 0) is 31.2 Å². The lowest BCUT2D eigenvalue weighted by Gasteiger charge is -2.12. The van der Waals surface area contributed by atoms with Crippen LogP contribution in [-0.2, 0) is 9.53 Å². The van der Waals surface area contributed by atoms with Crippen LogP contribution in [0.1, 0.15) is 22.8 Å². The van der Waals surface area contributed by atoms with Crippen molar-refractivity contribution in [1.29, 1.82) is 0 Å². The molecular weight excluding hydrogens is 346 g/mol. The molecule has 0 saturated carbocycles. The first-order chi connectivity index (χ1) is 13.1. The molecule has 0 amide bonds. The number of carbonyl (C=O) groups is 2. The number of para-hydroxylation sites is 1. The largest absolute Gasteiger partial charge is 0.479 e. The highest BCUT2D eigenvalue weighted by molar-refractivity contribution is 6.15. The summed E-state index contributed by atoms with van der Waals surface area (Å²) < 4.78 is 15.9. The molecule has 3 aromatic rings. The van der Waals surface area contributed by atoms with E-state index in [-0.39, 0.29) is 11.5 Å². The third-order valence-electron chi connectivity index (χ3n) is 4.40. The van der Waals surface area contributed by atoms with Crippen LogP contribution in [0.3, 0.4) is 0 Å². The van der Waals surface area contributed by atoms with Crippen molar-refractivity contribution in [2.75, 3.05) is 7.11 Å². The number of methoxy groups -OCH3 is 1. The number of nitrogens with one attached hydrogen (secondary N) is 1. The maximum Gasteiger partial charge on any atom is 0.346 e. The lowest BCUT2D eigenvalue weighted by molar-refractivity contribution is -0.147. The Morgan fingerprint density at radius 3 is 2.85 bits per heavy atom. The van der Waals surface area contributed by atoms with E-state index < -0.39 is 12.1 Å². The van der Waals surface area contributed by atoms with Crippen LogP contribution in [0.2, 0.25) is 0 Å². The van der Waals surface area contributed by atoms with E-state index in [4.69, 9.17) is 9.47 Å². The van der Waals surface area contributed by atoms with E-state index >= 15 is 0 Å². The molecule has 2 aromatic carbocycles. The molecule has 27 heavy (non-hydrogen) atoms. The number of esters is 1. The van der Waals surface area contributed by atoms with Gasteiger partial charge in [0.25, 0.3) is 0 Å². The number of aromatic amines is 1. The molecule has 0 saturated heterocycles. The molecule has 1 aromatic heterocycles. The molecule has 2 heterocycles. The minimum absolute atomic E-state index is 0.192. The summed E-state index contributed by atoms with van der Waals surface area (Å²) >= 11 is 0. The zero-order chi connectivity index (χ0) is 19.0. The monoisotopic (exact) mass is 363 g/mol. The Hall–Kier alpha value is -3.54. The van der Waals surface area contributed by atoms with Crippen LogP contribution < -0.4 is 9.47 Å². The average Bonchev–Trinajstić information content (AvgIpc) is 3.22. The van der Waals surface area contributed by atoms with Gasteiger partial charge in [-0.2, -0.15) is 0 Å². The highest BCUT2D eigenvalue weighted by Crippen LogP contribution is 2.35. The number of aromatic nitrogens is 1. The number of Topliss-reactive ketones (excluding diaryl/α,β-unsaturated/α-hetero) is 1. The summed E-state index contributed by atoms with van der Waals surface area (Å²) in [6.45, 7) is 1.59. The molecule has 0 aliphatic carbocycles. The van der Waals surface area contributed by atoms with Gasteiger partial charge in [0.05, 0.1) is 12.7 Å². The standard InChI is InChI=1S/C21H17NO5/c1-12(21(24)25-2)26-14-7-8-16-18(10-14)27-19(20(16)23)9-13-11-22-17-6-4-3-5-15(13)17/h3-12,22H,1-2H3/b19-9+/t12-/m0/s1. The Labute approximate surface area is 155 Å². The van der Waals surface area contributed by atoms with Gasteiger partial charge in [-0.15, -0.1) is 0 Å². The molecule has 1 N–H and O–H groups in total. The van der Waals surface area contributed by atoms with Gasteiger partial charge in [0, 0.05) is 28.7 Å². The number of benzene rings is 2. The van der Waals surface area contributed by atoms with Crippen molar-refractivity contribution in [3.05, 3.63) is 65.5 Å². The molecule has 136 valence electrons. The molecule has 1 aliphatic rings. The summed E-state index contributed by atoms with van der Waals surface area (Å²) in [5.41, 5.74) is 2.32. The van der Waals surface area contributed by atoms with Crippen LogP contribution in [0.15, 0.2) is 54.4 Å². The van der Waals surface area contributed by atoms with Crippen molar-refractivity contribution in [3.63, 3.8) is 0 Å². The number of rotatable bonds is 4. The summed E-state index contributed by atoms with van der Waals surface area (Å²) in [6.07, 6.45) is 2.80. The quantitative estimate of drug-likeness (QED) is 0.565. The fourth-order valence-corrected chi connectivity index (χ4v) is 3.01. The molecule has 0 bridgehead atoms. The van der Waals surface area contributed by atoms with Gasteiger partial charge in [-0.1, -0.05) is 18.2 Å². The lowest BCUT2D eigenvalue weighted by atomic mass is 10.1. The minimum Gasteiger partial charge on any atom is -0.479 e. The molecule has 0 spiro atoms. The van der Waals surface area contributed by atoms with E-state index in [1.807, 2.05) is 30.5 Å². The van der Waals surface area contributed by atoms with Crippen molar-refractivity contribution >= 4 is 28.7 Å².